The summed E-state index contributed by atoms with van der Waals surface area (Å²) in [5.41, 5.74) is 1.19. The van der Waals surface area contributed by atoms with E-state index in [0.29, 0.717) is 11.9 Å². The van der Waals surface area contributed by atoms with Gasteiger partial charge in [0.05, 0.1) is 7.11 Å². The molecule has 0 spiro atoms. The minimum absolute atomic E-state index is 0.345. The van der Waals surface area contributed by atoms with Crippen LogP contribution in [0.4, 0.5) is 0 Å². The lowest BCUT2D eigenvalue weighted by Crippen LogP contribution is -2.31. The van der Waals surface area contributed by atoms with E-state index < -0.39 is 0 Å². The zero-order valence-electron chi connectivity index (χ0n) is 12.3. The average molecular weight is 274 g/mol. The minimum Gasteiger partial charge on any atom is -0.481 e. The van der Waals surface area contributed by atoms with Crippen LogP contribution in [0.15, 0.2) is 30.7 Å². The quantitative estimate of drug-likeness (QED) is 0.834. The van der Waals surface area contributed by atoms with Crippen LogP contribution >= 0.6 is 0 Å². The van der Waals surface area contributed by atoms with E-state index >= 15 is 0 Å². The zero-order chi connectivity index (χ0) is 14.4. The molecule has 108 valence electrons. The Kier molecular flexibility index (Phi) is 5.12. The molecule has 0 aromatic carbocycles. The Morgan fingerprint density at radius 1 is 1.30 bits per heavy atom. The molecule has 0 fully saturated rings. The molecular weight excluding hydrogens is 252 g/mol. The normalized spacial score (nSPS) is 12.3. The van der Waals surface area contributed by atoms with E-state index in [1.165, 1.54) is 5.56 Å². The number of methoxy groups -OCH3 is 1. The topological polar surface area (TPSA) is 52.0 Å². The molecule has 0 amide bonds. The summed E-state index contributed by atoms with van der Waals surface area (Å²) in [6, 6.07) is 4.30. The number of hydrogen-bond acceptors (Lipinski definition) is 4. The maximum atomic E-state index is 5.08. The Balaban J connectivity index is 2.01. The summed E-state index contributed by atoms with van der Waals surface area (Å²) in [6.45, 7) is 3.09. The molecule has 1 N–H and O–H groups in total. The molecule has 2 aromatic rings. The highest BCUT2D eigenvalue weighted by Crippen LogP contribution is 2.11. The molecule has 0 aliphatic heterocycles. The van der Waals surface area contributed by atoms with Crippen molar-refractivity contribution in [3.05, 3.63) is 42.1 Å². The summed E-state index contributed by atoms with van der Waals surface area (Å²) < 4.78 is 7.25. The number of likely N-dealkylation sites (N-methyl/N-ethyl adjacent to an activating group) is 1. The van der Waals surface area contributed by atoms with Gasteiger partial charge in [-0.25, -0.2) is 9.97 Å². The van der Waals surface area contributed by atoms with Crippen LogP contribution < -0.4 is 10.1 Å². The molecular formula is C15H22N4O. The van der Waals surface area contributed by atoms with E-state index in [2.05, 4.69) is 32.8 Å². The van der Waals surface area contributed by atoms with Crippen LogP contribution in [0.5, 0.6) is 5.88 Å². The summed E-state index contributed by atoms with van der Waals surface area (Å²) in [5.74, 6) is 1.77. The van der Waals surface area contributed by atoms with E-state index in [0.717, 1.165) is 25.2 Å². The number of pyridine rings is 1. The second-order valence-corrected chi connectivity index (χ2v) is 4.73. The molecule has 5 heteroatoms. The molecule has 1 atom stereocenters. The van der Waals surface area contributed by atoms with Crippen LogP contribution in [0.3, 0.4) is 0 Å². The zero-order valence-corrected chi connectivity index (χ0v) is 12.3. The van der Waals surface area contributed by atoms with Gasteiger partial charge in [0, 0.05) is 43.7 Å². The number of aromatic nitrogens is 3. The second-order valence-electron chi connectivity index (χ2n) is 4.73. The maximum absolute atomic E-state index is 5.08. The molecule has 5 nitrogen and oxygen atoms in total. The fourth-order valence-corrected chi connectivity index (χ4v) is 2.25. The Labute approximate surface area is 120 Å². The van der Waals surface area contributed by atoms with Crippen molar-refractivity contribution >= 4 is 0 Å². The lowest BCUT2D eigenvalue weighted by molar-refractivity contribution is 0.397. The van der Waals surface area contributed by atoms with Crippen molar-refractivity contribution in [2.45, 2.75) is 32.4 Å². The number of hydrogen-bond donors (Lipinski definition) is 1. The number of rotatable bonds is 7. The van der Waals surface area contributed by atoms with Gasteiger partial charge in [0.25, 0.3) is 0 Å². The van der Waals surface area contributed by atoms with Gasteiger partial charge in [-0.3, -0.25) is 0 Å². The molecule has 1 unspecified atom stereocenters. The maximum Gasteiger partial charge on any atom is 0.212 e. The monoisotopic (exact) mass is 274 g/mol. The fourth-order valence-electron chi connectivity index (χ4n) is 2.25. The Morgan fingerprint density at radius 3 is 2.75 bits per heavy atom. The molecule has 2 rings (SSSR count). The molecule has 20 heavy (non-hydrogen) atoms. The van der Waals surface area contributed by atoms with Crippen molar-refractivity contribution in [2.75, 3.05) is 14.2 Å². The predicted molar refractivity (Wildman–Crippen MR) is 78.9 cm³/mol. The van der Waals surface area contributed by atoms with Crippen molar-refractivity contribution in [3.63, 3.8) is 0 Å². The lowest BCUT2D eigenvalue weighted by atomic mass is 10.0. The van der Waals surface area contributed by atoms with Crippen molar-refractivity contribution in [2.24, 2.45) is 0 Å². The highest BCUT2D eigenvalue weighted by Gasteiger charge is 2.12. The van der Waals surface area contributed by atoms with Crippen molar-refractivity contribution in [3.8, 4) is 5.88 Å². The molecule has 0 bridgehead atoms. The first kappa shape index (κ1) is 14.5. The Morgan fingerprint density at radius 2 is 2.15 bits per heavy atom. The number of ether oxygens (including phenoxy) is 1. The first-order chi connectivity index (χ1) is 9.76. The molecule has 0 radical (unpaired) electrons. The molecule has 0 saturated heterocycles. The third-order valence-corrected chi connectivity index (χ3v) is 3.47. The van der Waals surface area contributed by atoms with Gasteiger partial charge < -0.3 is 14.6 Å². The third kappa shape index (κ3) is 3.57. The standard InChI is InChI=1S/C15H22N4O/c1-4-19-8-7-17-14(19)10-13(16-2)9-12-5-6-15(20-3)18-11-12/h5-8,11,13,16H,4,9-10H2,1-3H3. The first-order valence-corrected chi connectivity index (χ1v) is 6.93. The summed E-state index contributed by atoms with van der Waals surface area (Å²) in [7, 11) is 3.61. The SMILES string of the molecule is CCn1ccnc1CC(Cc1ccc(OC)nc1)NC. The van der Waals surface area contributed by atoms with Crippen molar-refractivity contribution < 1.29 is 4.74 Å². The highest BCUT2D eigenvalue weighted by atomic mass is 16.5. The van der Waals surface area contributed by atoms with Crippen LogP contribution in [0.2, 0.25) is 0 Å². The smallest absolute Gasteiger partial charge is 0.212 e. The fraction of sp³-hybridized carbons (Fsp3) is 0.467. The van der Waals surface area contributed by atoms with Gasteiger partial charge in [0.1, 0.15) is 5.82 Å². The second kappa shape index (κ2) is 7.05. The van der Waals surface area contributed by atoms with Crippen LogP contribution in [0.25, 0.3) is 0 Å². The van der Waals surface area contributed by atoms with E-state index in [1.54, 1.807) is 7.11 Å². The number of nitrogens with one attached hydrogen (secondary N) is 1. The van der Waals surface area contributed by atoms with Gasteiger partial charge in [-0.1, -0.05) is 6.07 Å². The predicted octanol–water partition coefficient (Wildman–Crippen LogP) is 1.68. The van der Waals surface area contributed by atoms with E-state index in [4.69, 9.17) is 4.74 Å². The summed E-state index contributed by atoms with van der Waals surface area (Å²) in [5, 5.41) is 3.36. The van der Waals surface area contributed by atoms with Crippen molar-refractivity contribution in [1.29, 1.82) is 0 Å². The number of nitrogens with zero attached hydrogens (tertiary/aromatic N) is 3. The molecule has 0 saturated carbocycles. The highest BCUT2D eigenvalue weighted by molar-refractivity contribution is 5.19. The van der Waals surface area contributed by atoms with Crippen LogP contribution in [0, 0.1) is 0 Å². The lowest BCUT2D eigenvalue weighted by Gasteiger charge is -2.16. The first-order valence-electron chi connectivity index (χ1n) is 6.93. The van der Waals surface area contributed by atoms with Crippen LogP contribution in [-0.4, -0.2) is 34.7 Å². The van der Waals surface area contributed by atoms with Gasteiger partial charge in [-0.2, -0.15) is 0 Å². The number of aryl methyl sites for hydroxylation is 1. The van der Waals surface area contributed by atoms with Gasteiger partial charge in [-0.15, -0.1) is 0 Å². The van der Waals surface area contributed by atoms with Gasteiger partial charge in [-0.05, 0) is 26.0 Å². The van der Waals surface area contributed by atoms with E-state index in [-0.39, 0.29) is 0 Å². The molecule has 2 aromatic heterocycles. The average Bonchev–Trinajstić information content (AvgIpc) is 2.94. The largest absolute Gasteiger partial charge is 0.481 e. The molecule has 2 heterocycles. The van der Waals surface area contributed by atoms with Gasteiger partial charge in [0.15, 0.2) is 0 Å². The summed E-state index contributed by atoms with van der Waals surface area (Å²) in [4.78, 5) is 8.68. The molecule has 0 aliphatic carbocycles. The Bertz CT molecular complexity index is 521. The van der Waals surface area contributed by atoms with Crippen LogP contribution in [-0.2, 0) is 19.4 Å². The third-order valence-electron chi connectivity index (χ3n) is 3.47. The summed E-state index contributed by atoms with van der Waals surface area (Å²) in [6.07, 6.45) is 7.58. The van der Waals surface area contributed by atoms with Gasteiger partial charge >= 0.3 is 0 Å². The minimum atomic E-state index is 0.345. The number of imidazole rings is 1. The van der Waals surface area contributed by atoms with Gasteiger partial charge in [0.2, 0.25) is 5.88 Å². The van der Waals surface area contributed by atoms with E-state index in [9.17, 15) is 0 Å². The van der Waals surface area contributed by atoms with E-state index in [1.807, 2.05) is 31.7 Å². The van der Waals surface area contributed by atoms with Crippen molar-refractivity contribution in [1.82, 2.24) is 19.9 Å². The Hall–Kier alpha value is -1.88. The van der Waals surface area contributed by atoms with Crippen LogP contribution in [0.1, 0.15) is 18.3 Å². The summed E-state index contributed by atoms with van der Waals surface area (Å²) >= 11 is 0. The molecule has 0 aliphatic rings.